The molecule has 0 radical (unpaired) electrons. The lowest BCUT2D eigenvalue weighted by atomic mass is 10.3. The number of hydrogen-bond donors (Lipinski definition) is 0. The Bertz CT molecular complexity index is 918. The summed E-state index contributed by atoms with van der Waals surface area (Å²) >= 11 is 11.7. The van der Waals surface area contributed by atoms with Gasteiger partial charge < -0.3 is 19.1 Å². The molecule has 10 heteroatoms. The number of ether oxygens (including phenoxy) is 1. The molecule has 2 heterocycles. The van der Waals surface area contributed by atoms with E-state index in [0.29, 0.717) is 35.3 Å². The van der Waals surface area contributed by atoms with Crippen molar-refractivity contribution < 1.29 is 9.53 Å². The average molecular weight is 453 g/mol. The Balaban J connectivity index is 1.58. The Labute approximate surface area is 187 Å². The quantitative estimate of drug-likeness (QED) is 0.604. The molecule has 1 aliphatic rings. The third-order valence-corrected chi connectivity index (χ3v) is 6.13. The largest absolute Gasteiger partial charge is 0.484 e. The van der Waals surface area contributed by atoms with Crippen LogP contribution in [0.5, 0.6) is 5.75 Å². The van der Waals surface area contributed by atoms with Gasteiger partial charge in [0.25, 0.3) is 0 Å². The summed E-state index contributed by atoms with van der Waals surface area (Å²) in [6.45, 7) is 9.34. The molecule has 2 aromatic rings. The number of nitrogens with zero attached hydrogens (tertiary/aromatic N) is 6. The first-order valence-corrected chi connectivity index (χ1v) is 11.0. The third kappa shape index (κ3) is 5.14. The monoisotopic (exact) mass is 452 g/mol. The molecule has 0 unspecified atom stereocenters. The van der Waals surface area contributed by atoms with Crippen LogP contribution in [0.3, 0.4) is 0 Å². The second kappa shape index (κ2) is 10.3. The van der Waals surface area contributed by atoms with Gasteiger partial charge in [-0.15, -0.1) is 0 Å². The number of carbonyl (C=O) groups is 1. The molecule has 0 N–H and O–H groups in total. The number of carbonyl (C=O) groups excluding carboxylic acids is 1. The van der Waals surface area contributed by atoms with Crippen molar-refractivity contribution in [3.8, 4) is 5.75 Å². The summed E-state index contributed by atoms with van der Waals surface area (Å²) in [5.74, 6) is 1.35. The lowest BCUT2D eigenvalue weighted by molar-refractivity contribution is 0.0967. The maximum atomic E-state index is 12.5. The summed E-state index contributed by atoms with van der Waals surface area (Å²) in [6, 6.07) is 7.47. The highest BCUT2D eigenvalue weighted by Gasteiger charge is 2.24. The number of para-hydroxylation sites is 1. The van der Waals surface area contributed by atoms with Crippen molar-refractivity contribution in [3.63, 3.8) is 0 Å². The molecule has 0 atom stereocenters. The summed E-state index contributed by atoms with van der Waals surface area (Å²) in [7, 11) is 1.89. The van der Waals surface area contributed by atoms with Crippen molar-refractivity contribution >= 4 is 29.8 Å². The lowest BCUT2D eigenvalue weighted by Gasteiger charge is -2.36. The van der Waals surface area contributed by atoms with E-state index < -0.39 is 0 Å². The van der Waals surface area contributed by atoms with Crippen LogP contribution in [-0.4, -0.2) is 74.3 Å². The van der Waals surface area contributed by atoms with Crippen LogP contribution < -0.4 is 4.74 Å². The molecule has 0 saturated carbocycles. The molecule has 8 nitrogen and oxygen atoms in total. The minimum absolute atomic E-state index is 0.119. The second-order valence-electron chi connectivity index (χ2n) is 7.18. The minimum Gasteiger partial charge on any atom is -0.484 e. The number of benzene rings is 1. The van der Waals surface area contributed by atoms with E-state index in [1.165, 1.54) is 0 Å². The number of piperazine rings is 1. The van der Waals surface area contributed by atoms with E-state index in [1.54, 1.807) is 6.07 Å². The zero-order chi connectivity index (χ0) is 21.7. The highest BCUT2D eigenvalue weighted by Crippen LogP contribution is 2.23. The van der Waals surface area contributed by atoms with Gasteiger partial charge in [-0.1, -0.05) is 23.7 Å². The summed E-state index contributed by atoms with van der Waals surface area (Å²) in [5.41, 5.74) is 0. The van der Waals surface area contributed by atoms with E-state index in [1.807, 2.05) is 58.1 Å². The van der Waals surface area contributed by atoms with Crippen LogP contribution in [0.25, 0.3) is 0 Å². The molecular weight excluding hydrogens is 424 g/mol. The van der Waals surface area contributed by atoms with Crippen LogP contribution in [-0.2, 0) is 20.3 Å². The molecule has 1 fully saturated rings. The number of hydrogen-bond acceptors (Lipinski definition) is 5. The van der Waals surface area contributed by atoms with Crippen molar-refractivity contribution in [1.29, 1.82) is 0 Å². The van der Waals surface area contributed by atoms with Crippen LogP contribution in [0, 0.1) is 4.77 Å². The van der Waals surface area contributed by atoms with Gasteiger partial charge in [0.2, 0.25) is 0 Å². The van der Waals surface area contributed by atoms with Gasteiger partial charge in [-0.05, 0) is 38.2 Å². The van der Waals surface area contributed by atoms with Crippen LogP contribution >= 0.6 is 23.8 Å². The van der Waals surface area contributed by atoms with Gasteiger partial charge in [0.1, 0.15) is 12.4 Å². The molecule has 1 aliphatic heterocycles. The molecule has 3 rings (SSSR count). The summed E-state index contributed by atoms with van der Waals surface area (Å²) < 4.78 is 10.1. The molecule has 0 bridgehead atoms. The van der Waals surface area contributed by atoms with E-state index in [2.05, 4.69) is 10.00 Å². The lowest BCUT2D eigenvalue weighted by Crippen LogP contribution is -2.53. The predicted molar refractivity (Wildman–Crippen MR) is 119 cm³/mol. The minimum atomic E-state index is 0.119. The standard InChI is InChI=1S/C20H29ClN6O2S/c1-4-25(5-2)19(28)26-12-10-24(11-13-26)15-27-20(30)23(3)18(22-27)14-29-17-9-7-6-8-16(17)21/h6-9H,4-5,10-15H2,1-3H3. The molecule has 1 aromatic carbocycles. The van der Waals surface area contributed by atoms with Crippen LogP contribution in [0.15, 0.2) is 24.3 Å². The first kappa shape index (κ1) is 22.6. The Kier molecular flexibility index (Phi) is 7.74. The topological polar surface area (TPSA) is 58.8 Å². The van der Waals surface area contributed by atoms with Crippen molar-refractivity contribution in [2.75, 3.05) is 39.3 Å². The zero-order valence-electron chi connectivity index (χ0n) is 17.8. The first-order valence-electron chi connectivity index (χ1n) is 10.2. The fourth-order valence-electron chi connectivity index (χ4n) is 3.42. The summed E-state index contributed by atoms with van der Waals surface area (Å²) in [5, 5.41) is 5.20. The van der Waals surface area contributed by atoms with E-state index in [0.717, 1.165) is 32.0 Å². The van der Waals surface area contributed by atoms with Gasteiger partial charge in [-0.25, -0.2) is 9.48 Å². The molecule has 1 saturated heterocycles. The number of halogens is 1. The molecule has 2 amide bonds. The fraction of sp³-hybridized carbons (Fsp3) is 0.550. The van der Waals surface area contributed by atoms with Crippen LogP contribution in [0.4, 0.5) is 4.79 Å². The number of amides is 2. The van der Waals surface area contributed by atoms with Gasteiger partial charge in [-0.2, -0.15) is 5.10 Å². The van der Waals surface area contributed by atoms with E-state index >= 15 is 0 Å². The molecule has 30 heavy (non-hydrogen) atoms. The number of aromatic nitrogens is 3. The maximum Gasteiger partial charge on any atom is 0.320 e. The van der Waals surface area contributed by atoms with Gasteiger partial charge >= 0.3 is 6.03 Å². The SMILES string of the molecule is CCN(CC)C(=O)N1CCN(Cn2nc(COc3ccccc3Cl)n(C)c2=S)CC1. The Morgan fingerprint density at radius 3 is 2.50 bits per heavy atom. The smallest absolute Gasteiger partial charge is 0.320 e. The second-order valence-corrected chi connectivity index (χ2v) is 7.95. The summed E-state index contributed by atoms with van der Waals surface area (Å²) in [6.07, 6.45) is 0. The van der Waals surface area contributed by atoms with Crippen molar-refractivity contribution in [1.82, 2.24) is 29.0 Å². The molecule has 1 aromatic heterocycles. The van der Waals surface area contributed by atoms with Crippen LogP contribution in [0.2, 0.25) is 5.02 Å². The fourth-order valence-corrected chi connectivity index (χ4v) is 3.81. The highest BCUT2D eigenvalue weighted by atomic mass is 35.5. The van der Waals surface area contributed by atoms with Gasteiger partial charge in [-0.3, -0.25) is 4.90 Å². The van der Waals surface area contributed by atoms with Gasteiger partial charge in [0, 0.05) is 46.3 Å². The maximum absolute atomic E-state index is 12.5. The predicted octanol–water partition coefficient (Wildman–Crippen LogP) is 3.22. The van der Waals surface area contributed by atoms with E-state index in [-0.39, 0.29) is 12.6 Å². The van der Waals surface area contributed by atoms with Crippen LogP contribution in [0.1, 0.15) is 19.7 Å². The van der Waals surface area contributed by atoms with E-state index in [9.17, 15) is 4.79 Å². The molecule has 164 valence electrons. The first-order chi connectivity index (χ1) is 14.4. The zero-order valence-corrected chi connectivity index (χ0v) is 19.3. The number of rotatable bonds is 7. The van der Waals surface area contributed by atoms with Gasteiger partial charge in [0.05, 0.1) is 11.7 Å². The normalized spacial score (nSPS) is 14.7. The van der Waals surface area contributed by atoms with E-state index in [4.69, 9.17) is 28.6 Å². The Hall–Kier alpha value is -2.10. The average Bonchev–Trinajstić information content (AvgIpc) is 3.02. The van der Waals surface area contributed by atoms with Crippen molar-refractivity contribution in [2.45, 2.75) is 27.1 Å². The molecular formula is C20H29ClN6O2S. The summed E-state index contributed by atoms with van der Waals surface area (Å²) in [4.78, 5) is 18.5. The number of urea groups is 1. The van der Waals surface area contributed by atoms with Crippen molar-refractivity contribution in [2.24, 2.45) is 7.05 Å². The Morgan fingerprint density at radius 1 is 1.20 bits per heavy atom. The van der Waals surface area contributed by atoms with Crippen molar-refractivity contribution in [3.05, 3.63) is 39.9 Å². The third-order valence-electron chi connectivity index (χ3n) is 5.34. The Morgan fingerprint density at radius 2 is 1.87 bits per heavy atom. The highest BCUT2D eigenvalue weighted by molar-refractivity contribution is 7.71. The molecule has 0 aliphatic carbocycles. The molecule has 0 spiro atoms. The van der Waals surface area contributed by atoms with Gasteiger partial charge in [0.15, 0.2) is 10.6 Å².